The zero-order valence-corrected chi connectivity index (χ0v) is 10.1. The number of nitrogens with one attached hydrogen (secondary N) is 1. The molecule has 5 nitrogen and oxygen atoms in total. The summed E-state index contributed by atoms with van der Waals surface area (Å²) in [5.41, 5.74) is 0.188. The van der Waals surface area contributed by atoms with E-state index in [1.807, 2.05) is 6.92 Å². The van der Waals surface area contributed by atoms with Gasteiger partial charge in [-0.05, 0) is 19.4 Å². The van der Waals surface area contributed by atoms with Crippen molar-refractivity contribution in [2.45, 2.75) is 19.4 Å². The number of rotatable bonds is 4. The summed E-state index contributed by atoms with van der Waals surface area (Å²) in [6.07, 6.45) is 0.950. The highest BCUT2D eigenvalue weighted by Crippen LogP contribution is 2.24. The molecule has 1 saturated heterocycles. The first kappa shape index (κ1) is 12.8. The van der Waals surface area contributed by atoms with Crippen LogP contribution in [-0.4, -0.2) is 24.2 Å². The summed E-state index contributed by atoms with van der Waals surface area (Å²) in [6, 6.07) is 3.61. The standard InChI is InChI=1S/C12H15FN2O3/c1-8(9-2-3-18-7-9)14-11-4-10(13)5-12(6-11)15(16)17/h4-6,8-9,14H,2-3,7H2,1H3. The summed E-state index contributed by atoms with van der Waals surface area (Å²) in [6.45, 7) is 3.38. The topological polar surface area (TPSA) is 64.4 Å². The fraction of sp³-hybridized carbons (Fsp3) is 0.500. The molecule has 98 valence electrons. The Hall–Kier alpha value is -1.69. The maximum atomic E-state index is 13.2. The lowest BCUT2D eigenvalue weighted by molar-refractivity contribution is -0.385. The third kappa shape index (κ3) is 2.95. The molecule has 0 radical (unpaired) electrons. The molecule has 0 bridgehead atoms. The van der Waals surface area contributed by atoms with E-state index in [9.17, 15) is 14.5 Å². The summed E-state index contributed by atoms with van der Waals surface area (Å²) >= 11 is 0. The van der Waals surface area contributed by atoms with Crippen molar-refractivity contribution in [1.82, 2.24) is 0 Å². The minimum atomic E-state index is -0.610. The molecule has 6 heteroatoms. The van der Waals surface area contributed by atoms with Gasteiger partial charge in [0.2, 0.25) is 0 Å². The smallest absolute Gasteiger partial charge is 0.274 e. The molecule has 1 aromatic rings. The molecule has 2 unspecified atom stereocenters. The highest BCUT2D eigenvalue weighted by atomic mass is 19.1. The average molecular weight is 254 g/mol. The Morgan fingerprint density at radius 3 is 2.94 bits per heavy atom. The van der Waals surface area contributed by atoms with Crippen LogP contribution in [0.25, 0.3) is 0 Å². The molecule has 1 aliphatic heterocycles. The summed E-state index contributed by atoms with van der Waals surface area (Å²) in [7, 11) is 0. The van der Waals surface area contributed by atoms with Gasteiger partial charge in [0.15, 0.2) is 0 Å². The fourth-order valence-corrected chi connectivity index (χ4v) is 2.09. The van der Waals surface area contributed by atoms with Gasteiger partial charge in [0, 0.05) is 30.3 Å². The maximum Gasteiger partial charge on any atom is 0.274 e. The molecule has 2 atom stereocenters. The number of nitro benzene ring substituents is 1. The van der Waals surface area contributed by atoms with E-state index in [1.165, 1.54) is 12.1 Å². The highest BCUT2D eigenvalue weighted by molar-refractivity contribution is 5.52. The first-order valence-electron chi connectivity index (χ1n) is 5.85. The number of hydrogen-bond acceptors (Lipinski definition) is 4. The first-order valence-corrected chi connectivity index (χ1v) is 5.85. The highest BCUT2D eigenvalue weighted by Gasteiger charge is 2.22. The largest absolute Gasteiger partial charge is 0.382 e. The molecule has 0 aromatic heterocycles. The van der Waals surface area contributed by atoms with Crippen LogP contribution in [0.1, 0.15) is 13.3 Å². The van der Waals surface area contributed by atoms with Gasteiger partial charge in [-0.1, -0.05) is 0 Å². The van der Waals surface area contributed by atoms with Gasteiger partial charge in [-0.25, -0.2) is 4.39 Å². The third-order valence-corrected chi connectivity index (χ3v) is 3.16. The van der Waals surface area contributed by atoms with Crippen LogP contribution in [0.4, 0.5) is 15.8 Å². The van der Waals surface area contributed by atoms with Crippen molar-refractivity contribution in [1.29, 1.82) is 0 Å². The van der Waals surface area contributed by atoms with Crippen LogP contribution in [0.15, 0.2) is 18.2 Å². The van der Waals surface area contributed by atoms with E-state index < -0.39 is 10.7 Å². The fourth-order valence-electron chi connectivity index (χ4n) is 2.09. The molecule has 2 rings (SSSR count). The molecular weight excluding hydrogens is 239 g/mol. The van der Waals surface area contributed by atoms with Crippen LogP contribution in [-0.2, 0) is 4.74 Å². The van der Waals surface area contributed by atoms with E-state index >= 15 is 0 Å². The van der Waals surface area contributed by atoms with Crippen LogP contribution in [0.2, 0.25) is 0 Å². The van der Waals surface area contributed by atoms with Gasteiger partial charge in [-0.2, -0.15) is 0 Å². The third-order valence-electron chi connectivity index (χ3n) is 3.16. The Morgan fingerprint density at radius 2 is 2.33 bits per heavy atom. The van der Waals surface area contributed by atoms with E-state index in [2.05, 4.69) is 5.32 Å². The lowest BCUT2D eigenvalue weighted by atomic mass is 10.0. The first-order chi connectivity index (χ1) is 8.56. The van der Waals surface area contributed by atoms with Crippen molar-refractivity contribution >= 4 is 11.4 Å². The summed E-state index contributed by atoms with van der Waals surface area (Å²) < 4.78 is 18.5. The van der Waals surface area contributed by atoms with E-state index in [0.29, 0.717) is 18.2 Å². The number of nitro groups is 1. The van der Waals surface area contributed by atoms with Crippen molar-refractivity contribution in [3.8, 4) is 0 Å². The SMILES string of the molecule is CC(Nc1cc(F)cc([N+](=O)[O-])c1)C1CCOC1. The average Bonchev–Trinajstić information content (AvgIpc) is 2.81. The number of hydrogen-bond donors (Lipinski definition) is 1. The summed E-state index contributed by atoms with van der Waals surface area (Å²) in [4.78, 5) is 10.0. The van der Waals surface area contributed by atoms with E-state index in [1.54, 1.807) is 0 Å². The van der Waals surface area contributed by atoms with E-state index in [0.717, 1.165) is 19.1 Å². The number of benzene rings is 1. The van der Waals surface area contributed by atoms with Gasteiger partial charge in [0.05, 0.1) is 17.6 Å². The minimum absolute atomic E-state index is 0.0916. The number of nitrogens with zero attached hydrogens (tertiary/aromatic N) is 1. The van der Waals surface area contributed by atoms with Crippen molar-refractivity contribution in [3.63, 3.8) is 0 Å². The lowest BCUT2D eigenvalue weighted by Crippen LogP contribution is -2.26. The van der Waals surface area contributed by atoms with Crippen LogP contribution in [0, 0.1) is 21.8 Å². The molecule has 0 saturated carbocycles. The van der Waals surface area contributed by atoms with E-state index in [-0.39, 0.29) is 11.7 Å². The molecule has 1 aromatic carbocycles. The zero-order chi connectivity index (χ0) is 13.1. The molecular formula is C12H15FN2O3. The Labute approximate surface area is 104 Å². The normalized spacial score (nSPS) is 20.7. The van der Waals surface area contributed by atoms with Crippen molar-refractivity contribution in [3.05, 3.63) is 34.1 Å². The predicted molar refractivity (Wildman–Crippen MR) is 65.1 cm³/mol. The van der Waals surface area contributed by atoms with Gasteiger partial charge in [-0.15, -0.1) is 0 Å². The number of halogens is 1. The maximum absolute atomic E-state index is 13.2. The van der Waals surface area contributed by atoms with E-state index in [4.69, 9.17) is 4.74 Å². The second-order valence-corrected chi connectivity index (χ2v) is 4.51. The quantitative estimate of drug-likeness (QED) is 0.662. The monoisotopic (exact) mass is 254 g/mol. The molecule has 0 aliphatic carbocycles. The van der Waals surface area contributed by atoms with Gasteiger partial charge < -0.3 is 10.1 Å². The summed E-state index contributed by atoms with van der Waals surface area (Å²) in [5, 5.41) is 13.7. The second kappa shape index (κ2) is 5.30. The Morgan fingerprint density at radius 1 is 1.56 bits per heavy atom. The van der Waals surface area contributed by atoms with Gasteiger partial charge in [0.1, 0.15) is 5.82 Å². The molecule has 1 fully saturated rings. The van der Waals surface area contributed by atoms with Crippen LogP contribution >= 0.6 is 0 Å². The molecule has 0 spiro atoms. The lowest BCUT2D eigenvalue weighted by Gasteiger charge is -2.20. The number of ether oxygens (including phenoxy) is 1. The summed E-state index contributed by atoms with van der Waals surface area (Å²) in [5.74, 6) is -0.256. The zero-order valence-electron chi connectivity index (χ0n) is 10.1. The van der Waals surface area contributed by atoms with Crippen LogP contribution in [0.3, 0.4) is 0 Å². The predicted octanol–water partition coefficient (Wildman–Crippen LogP) is 2.57. The Kier molecular flexibility index (Phi) is 3.76. The Balaban J connectivity index is 2.10. The molecule has 1 N–H and O–H groups in total. The molecule has 0 amide bonds. The van der Waals surface area contributed by atoms with Crippen LogP contribution < -0.4 is 5.32 Å². The minimum Gasteiger partial charge on any atom is -0.382 e. The van der Waals surface area contributed by atoms with Crippen molar-refractivity contribution in [2.75, 3.05) is 18.5 Å². The molecule has 1 aliphatic rings. The Bertz CT molecular complexity index is 447. The van der Waals surface area contributed by atoms with Crippen molar-refractivity contribution in [2.24, 2.45) is 5.92 Å². The number of non-ortho nitro benzene ring substituents is 1. The van der Waals surface area contributed by atoms with Gasteiger partial charge >= 0.3 is 0 Å². The van der Waals surface area contributed by atoms with Gasteiger partial charge in [-0.3, -0.25) is 10.1 Å². The number of anilines is 1. The second-order valence-electron chi connectivity index (χ2n) is 4.51. The van der Waals surface area contributed by atoms with Crippen LogP contribution in [0.5, 0.6) is 0 Å². The molecule has 1 heterocycles. The van der Waals surface area contributed by atoms with Gasteiger partial charge in [0.25, 0.3) is 5.69 Å². The van der Waals surface area contributed by atoms with Crippen molar-refractivity contribution < 1.29 is 14.1 Å². The molecule has 18 heavy (non-hydrogen) atoms.